The van der Waals surface area contributed by atoms with Gasteiger partial charge in [0.05, 0.1) is 12.7 Å². The highest BCUT2D eigenvalue weighted by molar-refractivity contribution is 7.91. The summed E-state index contributed by atoms with van der Waals surface area (Å²) in [6.45, 7) is 8.09. The molecule has 1 aromatic heterocycles. The highest BCUT2D eigenvalue weighted by Crippen LogP contribution is 2.21. The quantitative estimate of drug-likeness (QED) is 0.680. The summed E-state index contributed by atoms with van der Waals surface area (Å²) in [5, 5.41) is 3.17. The van der Waals surface area contributed by atoms with Gasteiger partial charge >= 0.3 is 0 Å². The van der Waals surface area contributed by atoms with E-state index in [1.807, 2.05) is 26.8 Å². The molecule has 0 aromatic carbocycles. The lowest BCUT2D eigenvalue weighted by Gasteiger charge is -2.08. The van der Waals surface area contributed by atoms with Gasteiger partial charge in [0.1, 0.15) is 4.21 Å². The van der Waals surface area contributed by atoms with E-state index in [-0.39, 0.29) is 6.10 Å². The predicted molar refractivity (Wildman–Crippen MR) is 78.0 cm³/mol. The van der Waals surface area contributed by atoms with Crippen LogP contribution in [0.1, 0.15) is 25.6 Å². The smallest absolute Gasteiger partial charge is 0.250 e. The van der Waals surface area contributed by atoms with Crippen LogP contribution in [-0.2, 0) is 21.3 Å². The Morgan fingerprint density at radius 1 is 1.37 bits per heavy atom. The van der Waals surface area contributed by atoms with E-state index in [9.17, 15) is 8.42 Å². The molecule has 1 rings (SSSR count). The summed E-state index contributed by atoms with van der Waals surface area (Å²) in [6, 6.07) is 3.48. The molecule has 5 nitrogen and oxygen atoms in total. The van der Waals surface area contributed by atoms with E-state index in [1.54, 1.807) is 6.07 Å². The van der Waals surface area contributed by atoms with Crippen LogP contribution < -0.4 is 10.0 Å². The van der Waals surface area contributed by atoms with Crippen LogP contribution in [-0.4, -0.2) is 34.2 Å². The van der Waals surface area contributed by atoms with E-state index in [0.717, 1.165) is 11.4 Å². The number of ether oxygens (including phenoxy) is 1. The summed E-state index contributed by atoms with van der Waals surface area (Å²) >= 11 is 1.29. The van der Waals surface area contributed by atoms with Crippen molar-refractivity contribution in [1.29, 1.82) is 0 Å². The van der Waals surface area contributed by atoms with Gasteiger partial charge in [-0.05, 0) is 32.5 Å². The number of thiophene rings is 1. The molecule has 0 unspecified atom stereocenters. The summed E-state index contributed by atoms with van der Waals surface area (Å²) in [7, 11) is -3.40. The minimum atomic E-state index is -3.40. The highest BCUT2D eigenvalue weighted by Gasteiger charge is 2.16. The van der Waals surface area contributed by atoms with Gasteiger partial charge in [0, 0.05) is 18.0 Å². The number of hydrogen-bond donors (Lipinski definition) is 2. The number of hydrogen-bond acceptors (Lipinski definition) is 5. The van der Waals surface area contributed by atoms with Crippen LogP contribution in [0.25, 0.3) is 0 Å². The maximum atomic E-state index is 12.0. The maximum Gasteiger partial charge on any atom is 0.250 e. The third kappa shape index (κ3) is 6.01. The molecule has 0 amide bonds. The van der Waals surface area contributed by atoms with Crippen molar-refractivity contribution in [2.45, 2.75) is 37.6 Å². The van der Waals surface area contributed by atoms with Gasteiger partial charge in [0.15, 0.2) is 0 Å². The second kappa shape index (κ2) is 7.96. The number of sulfonamides is 1. The standard InChI is InChI=1S/C12H22N2O3S2/c1-4-13-9-11-5-6-12(18-11)19(15,16)14-7-8-17-10(2)3/h5-6,10,13-14H,4,7-9H2,1-3H3. The van der Waals surface area contributed by atoms with Crippen molar-refractivity contribution in [3.8, 4) is 0 Å². The van der Waals surface area contributed by atoms with Crippen LogP contribution in [0.5, 0.6) is 0 Å². The minimum Gasteiger partial charge on any atom is -0.377 e. The average molecular weight is 306 g/mol. The zero-order valence-electron chi connectivity index (χ0n) is 11.6. The lowest BCUT2D eigenvalue weighted by atomic mass is 10.4. The second-order valence-electron chi connectivity index (χ2n) is 4.32. The highest BCUT2D eigenvalue weighted by atomic mass is 32.2. The molecule has 0 aliphatic heterocycles. The van der Waals surface area contributed by atoms with E-state index in [0.29, 0.717) is 23.9 Å². The van der Waals surface area contributed by atoms with Gasteiger partial charge in [-0.15, -0.1) is 11.3 Å². The first-order valence-corrected chi connectivity index (χ1v) is 8.66. The Kier molecular flexibility index (Phi) is 6.95. The summed E-state index contributed by atoms with van der Waals surface area (Å²) < 4.78 is 32.2. The molecule has 0 bridgehead atoms. The van der Waals surface area contributed by atoms with E-state index >= 15 is 0 Å². The summed E-state index contributed by atoms with van der Waals surface area (Å²) in [5.41, 5.74) is 0. The Morgan fingerprint density at radius 2 is 2.11 bits per heavy atom. The molecule has 2 N–H and O–H groups in total. The van der Waals surface area contributed by atoms with Gasteiger partial charge in [-0.3, -0.25) is 0 Å². The molecule has 19 heavy (non-hydrogen) atoms. The third-order valence-corrected chi connectivity index (χ3v) is 5.33. The Labute approximate surface area is 119 Å². The van der Waals surface area contributed by atoms with Crippen LogP contribution in [0, 0.1) is 0 Å². The van der Waals surface area contributed by atoms with Gasteiger partial charge in [-0.1, -0.05) is 6.92 Å². The number of nitrogens with one attached hydrogen (secondary N) is 2. The molecular weight excluding hydrogens is 284 g/mol. The fraction of sp³-hybridized carbons (Fsp3) is 0.667. The zero-order chi connectivity index (χ0) is 14.3. The van der Waals surface area contributed by atoms with Crippen LogP contribution in [0.4, 0.5) is 0 Å². The molecule has 0 saturated carbocycles. The van der Waals surface area contributed by atoms with Crippen molar-refractivity contribution < 1.29 is 13.2 Å². The Morgan fingerprint density at radius 3 is 2.74 bits per heavy atom. The SMILES string of the molecule is CCNCc1ccc(S(=O)(=O)NCCOC(C)C)s1. The molecule has 110 valence electrons. The monoisotopic (exact) mass is 306 g/mol. The molecule has 7 heteroatoms. The van der Waals surface area contributed by atoms with Crippen LogP contribution in [0.2, 0.25) is 0 Å². The first-order valence-electron chi connectivity index (χ1n) is 6.36. The van der Waals surface area contributed by atoms with Crippen molar-refractivity contribution in [3.05, 3.63) is 17.0 Å². The molecule has 1 aromatic rings. The van der Waals surface area contributed by atoms with Crippen LogP contribution in [0.3, 0.4) is 0 Å². The minimum absolute atomic E-state index is 0.109. The van der Waals surface area contributed by atoms with E-state index in [1.165, 1.54) is 11.3 Å². The topological polar surface area (TPSA) is 67.4 Å². The van der Waals surface area contributed by atoms with Crippen LogP contribution >= 0.6 is 11.3 Å². The summed E-state index contributed by atoms with van der Waals surface area (Å²) in [5.74, 6) is 0. The normalized spacial score (nSPS) is 12.2. The second-order valence-corrected chi connectivity index (χ2v) is 7.48. The van der Waals surface area contributed by atoms with Crippen molar-refractivity contribution in [1.82, 2.24) is 10.0 Å². The number of rotatable bonds is 9. The molecule has 0 saturated heterocycles. The van der Waals surface area contributed by atoms with Gasteiger partial charge < -0.3 is 10.1 Å². The van der Waals surface area contributed by atoms with E-state index < -0.39 is 10.0 Å². The first-order chi connectivity index (χ1) is 8.95. The third-order valence-electron chi connectivity index (χ3n) is 2.30. The van der Waals surface area contributed by atoms with Gasteiger partial charge in [-0.2, -0.15) is 0 Å². The molecule has 0 spiro atoms. The lowest BCUT2D eigenvalue weighted by Crippen LogP contribution is -2.27. The van der Waals surface area contributed by atoms with Crippen molar-refractivity contribution in [2.24, 2.45) is 0 Å². The predicted octanol–water partition coefficient (Wildman–Crippen LogP) is 1.56. The van der Waals surface area contributed by atoms with Crippen molar-refractivity contribution in [3.63, 3.8) is 0 Å². The lowest BCUT2D eigenvalue weighted by molar-refractivity contribution is 0.0834. The first kappa shape index (κ1) is 16.6. The molecule has 0 atom stereocenters. The molecule has 0 aliphatic carbocycles. The molecule has 0 aliphatic rings. The summed E-state index contributed by atoms with van der Waals surface area (Å²) in [4.78, 5) is 1.01. The Bertz CT molecular complexity index is 469. The van der Waals surface area contributed by atoms with Crippen molar-refractivity contribution in [2.75, 3.05) is 19.7 Å². The van der Waals surface area contributed by atoms with E-state index in [4.69, 9.17) is 4.74 Å². The molecular formula is C12H22N2O3S2. The molecule has 0 fully saturated rings. The fourth-order valence-electron chi connectivity index (χ4n) is 1.39. The van der Waals surface area contributed by atoms with Gasteiger partial charge in [0.2, 0.25) is 10.0 Å². The summed E-state index contributed by atoms with van der Waals surface area (Å²) in [6.07, 6.45) is 0.109. The average Bonchev–Trinajstić information content (AvgIpc) is 2.81. The largest absolute Gasteiger partial charge is 0.377 e. The zero-order valence-corrected chi connectivity index (χ0v) is 13.2. The molecule has 1 heterocycles. The van der Waals surface area contributed by atoms with Gasteiger partial charge in [-0.25, -0.2) is 13.1 Å². The van der Waals surface area contributed by atoms with Gasteiger partial charge in [0.25, 0.3) is 0 Å². The maximum absolute atomic E-state index is 12.0. The van der Waals surface area contributed by atoms with Crippen molar-refractivity contribution >= 4 is 21.4 Å². The Balaban J connectivity index is 2.50. The Hall–Kier alpha value is -0.470. The molecule has 0 radical (unpaired) electrons. The van der Waals surface area contributed by atoms with Crippen LogP contribution in [0.15, 0.2) is 16.3 Å². The van der Waals surface area contributed by atoms with E-state index in [2.05, 4.69) is 10.0 Å². The fourth-order valence-corrected chi connectivity index (χ4v) is 3.77.